The second kappa shape index (κ2) is 7.47. The Hall–Kier alpha value is -2.36. The Morgan fingerprint density at radius 1 is 1.07 bits per heavy atom. The molecule has 2 aromatic rings. The van der Waals surface area contributed by atoms with E-state index < -0.39 is 0 Å². The number of aromatic nitrogens is 1. The zero-order valence-corrected chi connectivity index (χ0v) is 17.9. The number of hydrogen-bond donors (Lipinski definition) is 1. The number of rotatable bonds is 3. The van der Waals surface area contributed by atoms with Crippen LogP contribution in [-0.4, -0.2) is 22.8 Å². The van der Waals surface area contributed by atoms with Gasteiger partial charge in [0.1, 0.15) is 11.8 Å². The summed E-state index contributed by atoms with van der Waals surface area (Å²) in [7, 11) is 0. The third kappa shape index (κ3) is 3.90. The first kappa shape index (κ1) is 19.9. The molecule has 0 bridgehead atoms. The zero-order valence-electron chi connectivity index (χ0n) is 17.9. The molecule has 2 aliphatic carbocycles. The van der Waals surface area contributed by atoms with Gasteiger partial charge in [0.2, 0.25) is 0 Å². The van der Waals surface area contributed by atoms with E-state index in [1.807, 2.05) is 6.92 Å². The summed E-state index contributed by atoms with van der Waals surface area (Å²) in [6.07, 6.45) is 5.36. The molecule has 29 heavy (non-hydrogen) atoms. The molecule has 0 saturated heterocycles. The first-order chi connectivity index (χ1) is 13.7. The van der Waals surface area contributed by atoms with Crippen LogP contribution in [-0.2, 0) is 16.6 Å². The average Bonchev–Trinajstić information content (AvgIpc) is 3.29. The molecule has 0 aliphatic heterocycles. The molecular weight excluding hydrogens is 362 g/mol. The number of Topliss-reactive ketones (excluding diaryl/α,β-unsaturated/α-hetero) is 1. The molecule has 2 aliphatic rings. The summed E-state index contributed by atoms with van der Waals surface area (Å²) in [5.74, 6) is -0.0618. The van der Waals surface area contributed by atoms with Crippen LogP contribution < -0.4 is 0 Å². The molecule has 0 spiro atoms. The van der Waals surface area contributed by atoms with Gasteiger partial charge >= 0.3 is 5.97 Å². The normalized spacial score (nSPS) is 20.0. The van der Waals surface area contributed by atoms with E-state index in [0.717, 1.165) is 43.4 Å². The molecule has 0 radical (unpaired) electrons. The summed E-state index contributed by atoms with van der Waals surface area (Å²) in [5.41, 5.74) is 5.36. The fourth-order valence-electron chi connectivity index (χ4n) is 4.75. The van der Waals surface area contributed by atoms with Crippen LogP contribution in [0.15, 0.2) is 24.3 Å². The SMILES string of the molecule is Cc1c(C(=O)OC2CCCC2)[nH]c2c1C(=O)C[C@H](c1ccc(C(C)(C)C)cc1)C2. The molecule has 0 amide bonds. The smallest absolute Gasteiger partial charge is 0.355 e. The summed E-state index contributed by atoms with van der Waals surface area (Å²) >= 11 is 0. The number of fused-ring (bicyclic) bond motifs is 1. The van der Waals surface area contributed by atoms with Gasteiger partial charge in [-0.25, -0.2) is 4.79 Å². The number of aromatic amines is 1. The molecule has 1 heterocycles. The van der Waals surface area contributed by atoms with E-state index in [1.54, 1.807) is 0 Å². The summed E-state index contributed by atoms with van der Waals surface area (Å²) in [5, 5.41) is 0. The van der Waals surface area contributed by atoms with Gasteiger partial charge in [-0.3, -0.25) is 4.79 Å². The van der Waals surface area contributed by atoms with Crippen molar-refractivity contribution in [3.8, 4) is 0 Å². The van der Waals surface area contributed by atoms with Gasteiger partial charge in [0.05, 0.1) is 0 Å². The predicted octanol–water partition coefficient (Wildman–Crippen LogP) is 5.63. The van der Waals surface area contributed by atoms with Crippen LogP contribution in [0, 0.1) is 6.92 Å². The van der Waals surface area contributed by atoms with Gasteiger partial charge in [-0.1, -0.05) is 45.0 Å². The lowest BCUT2D eigenvalue weighted by atomic mass is 9.80. The van der Waals surface area contributed by atoms with Gasteiger partial charge in [0.25, 0.3) is 0 Å². The maximum absolute atomic E-state index is 12.9. The third-order valence-electron chi connectivity index (χ3n) is 6.52. The highest BCUT2D eigenvalue weighted by atomic mass is 16.5. The molecule has 4 heteroatoms. The number of esters is 1. The Bertz CT molecular complexity index is 924. The highest BCUT2D eigenvalue weighted by Crippen LogP contribution is 2.36. The van der Waals surface area contributed by atoms with Crippen molar-refractivity contribution in [2.45, 2.75) is 83.7 Å². The molecule has 1 atom stereocenters. The number of hydrogen-bond acceptors (Lipinski definition) is 3. The molecule has 1 saturated carbocycles. The standard InChI is InChI=1S/C25H31NO3/c1-15-22-20(26-23(15)24(28)29-19-7-5-6-8-19)13-17(14-21(22)27)16-9-11-18(12-10-16)25(2,3)4/h9-12,17,19,26H,5-8,13-14H2,1-4H3/t17-/m1/s1. The molecule has 4 rings (SSSR count). The number of nitrogens with one attached hydrogen (secondary N) is 1. The van der Waals surface area contributed by atoms with Crippen molar-refractivity contribution in [1.82, 2.24) is 4.98 Å². The quantitative estimate of drug-likeness (QED) is 0.687. The van der Waals surface area contributed by atoms with E-state index in [-0.39, 0.29) is 29.2 Å². The average molecular weight is 394 g/mol. The maximum Gasteiger partial charge on any atom is 0.355 e. The Kier molecular flexibility index (Phi) is 5.14. The van der Waals surface area contributed by atoms with Crippen LogP contribution in [0.4, 0.5) is 0 Å². The minimum Gasteiger partial charge on any atom is -0.458 e. The van der Waals surface area contributed by atoms with E-state index in [4.69, 9.17) is 4.74 Å². The van der Waals surface area contributed by atoms with Gasteiger partial charge in [-0.15, -0.1) is 0 Å². The van der Waals surface area contributed by atoms with Crippen LogP contribution in [0.5, 0.6) is 0 Å². The zero-order chi connectivity index (χ0) is 20.8. The van der Waals surface area contributed by atoms with Gasteiger partial charge in [0, 0.05) is 17.7 Å². The summed E-state index contributed by atoms with van der Waals surface area (Å²) in [4.78, 5) is 28.8. The van der Waals surface area contributed by atoms with E-state index in [0.29, 0.717) is 17.7 Å². The molecule has 1 aromatic carbocycles. The number of carbonyl (C=O) groups excluding carboxylic acids is 2. The molecule has 0 unspecified atom stereocenters. The van der Waals surface area contributed by atoms with Gasteiger partial charge in [0.15, 0.2) is 5.78 Å². The molecule has 1 N–H and O–H groups in total. The van der Waals surface area contributed by atoms with Gasteiger partial charge in [-0.2, -0.15) is 0 Å². The summed E-state index contributed by atoms with van der Waals surface area (Å²) in [6.45, 7) is 8.46. The highest BCUT2D eigenvalue weighted by Gasteiger charge is 2.33. The second-order valence-electron chi connectivity index (χ2n) is 9.69. The third-order valence-corrected chi connectivity index (χ3v) is 6.52. The van der Waals surface area contributed by atoms with Crippen molar-refractivity contribution in [1.29, 1.82) is 0 Å². The molecule has 1 aromatic heterocycles. The fraction of sp³-hybridized carbons (Fsp3) is 0.520. The van der Waals surface area contributed by atoms with Crippen molar-refractivity contribution in [3.05, 3.63) is 57.9 Å². The Labute approximate surface area is 173 Å². The predicted molar refractivity (Wildman–Crippen MR) is 114 cm³/mol. The van der Waals surface area contributed by atoms with Crippen LogP contribution >= 0.6 is 0 Å². The maximum atomic E-state index is 12.9. The number of ketones is 1. The Morgan fingerprint density at radius 3 is 2.34 bits per heavy atom. The first-order valence-electron chi connectivity index (χ1n) is 10.8. The largest absolute Gasteiger partial charge is 0.458 e. The minimum atomic E-state index is -0.317. The fourth-order valence-corrected chi connectivity index (χ4v) is 4.75. The number of H-pyrrole nitrogens is 1. The van der Waals surface area contributed by atoms with E-state index in [2.05, 4.69) is 50.0 Å². The van der Waals surface area contributed by atoms with Gasteiger partial charge < -0.3 is 9.72 Å². The summed E-state index contributed by atoms with van der Waals surface area (Å²) in [6, 6.07) is 8.63. The lowest BCUT2D eigenvalue weighted by molar-refractivity contribution is 0.0310. The van der Waals surface area contributed by atoms with Crippen molar-refractivity contribution in [3.63, 3.8) is 0 Å². The lowest BCUT2D eigenvalue weighted by Gasteiger charge is -2.24. The van der Waals surface area contributed by atoms with Crippen LogP contribution in [0.3, 0.4) is 0 Å². The lowest BCUT2D eigenvalue weighted by Crippen LogP contribution is -2.19. The van der Waals surface area contributed by atoms with Gasteiger partial charge in [-0.05, 0) is 67.1 Å². The monoisotopic (exact) mass is 393 g/mol. The van der Waals surface area contributed by atoms with Crippen LogP contribution in [0.25, 0.3) is 0 Å². The Balaban J connectivity index is 1.56. The van der Waals surface area contributed by atoms with Crippen molar-refractivity contribution in [2.24, 2.45) is 0 Å². The van der Waals surface area contributed by atoms with E-state index >= 15 is 0 Å². The topological polar surface area (TPSA) is 59.2 Å². The highest BCUT2D eigenvalue weighted by molar-refractivity contribution is 6.03. The molecule has 1 fully saturated rings. The van der Waals surface area contributed by atoms with E-state index in [1.165, 1.54) is 11.1 Å². The van der Waals surface area contributed by atoms with Crippen LogP contribution in [0.1, 0.15) is 102 Å². The Morgan fingerprint density at radius 2 is 1.72 bits per heavy atom. The number of ether oxygens (including phenoxy) is 1. The molecule has 154 valence electrons. The van der Waals surface area contributed by atoms with Crippen molar-refractivity contribution < 1.29 is 14.3 Å². The molecule has 4 nitrogen and oxygen atoms in total. The number of benzene rings is 1. The second-order valence-corrected chi connectivity index (χ2v) is 9.69. The van der Waals surface area contributed by atoms with Crippen molar-refractivity contribution >= 4 is 11.8 Å². The summed E-state index contributed by atoms with van der Waals surface area (Å²) < 4.78 is 5.67. The first-order valence-corrected chi connectivity index (χ1v) is 10.8. The molecular formula is C25H31NO3. The van der Waals surface area contributed by atoms with Crippen LogP contribution in [0.2, 0.25) is 0 Å². The number of carbonyl (C=O) groups is 2. The van der Waals surface area contributed by atoms with E-state index in [9.17, 15) is 9.59 Å². The minimum absolute atomic E-state index is 0.0204. The van der Waals surface area contributed by atoms with Crippen molar-refractivity contribution in [2.75, 3.05) is 0 Å².